The molecule has 3 heteroatoms. The number of hydrogen-bond donors (Lipinski definition) is 0. The van der Waals surface area contributed by atoms with Crippen LogP contribution in [0.25, 0.3) is 226 Å². The molecule has 0 unspecified atom stereocenters. The van der Waals surface area contributed by atoms with E-state index < -0.39 is 0 Å². The van der Waals surface area contributed by atoms with Crippen molar-refractivity contribution in [2.45, 2.75) is 0 Å². The largest absolute Gasteiger partial charge is 0.455 e. The van der Waals surface area contributed by atoms with Gasteiger partial charge in [-0.3, -0.25) is 0 Å². The van der Waals surface area contributed by atoms with Crippen molar-refractivity contribution in [3.05, 3.63) is 419 Å². The van der Waals surface area contributed by atoms with Crippen LogP contribution in [-0.4, -0.2) is 4.57 Å². The quantitative estimate of drug-likeness (QED) is 0.108. The van der Waals surface area contributed by atoms with E-state index in [4.69, 9.17) is 8.83 Å². The Hall–Kier alpha value is -14.9. The molecule has 0 saturated carbocycles. The summed E-state index contributed by atoms with van der Waals surface area (Å²) >= 11 is 0. The first-order chi connectivity index (χ1) is 56.0. The van der Waals surface area contributed by atoms with Gasteiger partial charge in [-0.2, -0.15) is 0 Å². The van der Waals surface area contributed by atoms with Gasteiger partial charge in [-0.25, -0.2) is 0 Å². The molecular weight excluding hydrogens is 1370 g/mol. The zero-order chi connectivity index (χ0) is 74.5. The van der Waals surface area contributed by atoms with E-state index in [0.29, 0.717) is 0 Å². The van der Waals surface area contributed by atoms with Crippen molar-refractivity contribution in [2.24, 2.45) is 0 Å². The van der Waals surface area contributed by atoms with Crippen molar-refractivity contribution < 1.29 is 8.83 Å². The Morgan fingerprint density at radius 3 is 0.743 bits per heavy atom. The average molecular weight is 1440 g/mol. The molecule has 0 aliphatic rings. The van der Waals surface area contributed by atoms with Gasteiger partial charge in [0.2, 0.25) is 0 Å². The van der Waals surface area contributed by atoms with E-state index in [-0.39, 0.29) is 0 Å². The highest BCUT2D eigenvalue weighted by Crippen LogP contribution is 2.50. The molecule has 0 N–H and O–H groups in total. The maximum atomic E-state index is 7.32. The maximum Gasteiger partial charge on any atom is 0.143 e. The SMILES string of the molecule is c1ccc(-c2ccccc2-c2ccc3oc4c(-c5ccc6c(c5)c5cc(-c7cc(-c8ccccc8-c8ccccc8)cc8c7oc7ccc(-c9ccccc9-c9ccccc9)cc78)ccc5n6-c5ccc(-c6c7ccccc7c(-c7ccccc7)c7ccccc67)cc5)cc(-c5ccccc5-c5ccccc5)cc4c3c2)cc1. The van der Waals surface area contributed by atoms with Crippen LogP contribution in [0.3, 0.4) is 0 Å². The summed E-state index contributed by atoms with van der Waals surface area (Å²) in [5, 5.41) is 11.3. The van der Waals surface area contributed by atoms with Crippen LogP contribution in [0.1, 0.15) is 0 Å². The van der Waals surface area contributed by atoms with Gasteiger partial charge < -0.3 is 13.4 Å². The number of nitrogens with zero attached hydrogens (tertiary/aromatic N) is 1. The van der Waals surface area contributed by atoms with Crippen molar-refractivity contribution in [1.82, 2.24) is 4.57 Å². The Morgan fingerprint density at radius 2 is 0.398 bits per heavy atom. The van der Waals surface area contributed by atoms with Crippen LogP contribution in [0.5, 0.6) is 0 Å². The molecule has 3 nitrogen and oxygen atoms in total. The number of furan rings is 2. The van der Waals surface area contributed by atoms with Crippen molar-refractivity contribution in [3.63, 3.8) is 0 Å². The van der Waals surface area contributed by atoms with Gasteiger partial charge in [0.15, 0.2) is 0 Å². The van der Waals surface area contributed by atoms with Crippen LogP contribution in [-0.2, 0) is 0 Å². The second kappa shape index (κ2) is 27.0. The van der Waals surface area contributed by atoms with Gasteiger partial charge in [0.05, 0.1) is 11.0 Å². The number of aromatic nitrogens is 1. The zero-order valence-corrected chi connectivity index (χ0v) is 61.6. The van der Waals surface area contributed by atoms with Crippen LogP contribution in [0.15, 0.2) is 427 Å². The fourth-order valence-electron chi connectivity index (χ4n) is 18.0. The Kier molecular flexibility index (Phi) is 15.6. The van der Waals surface area contributed by atoms with E-state index in [0.717, 1.165) is 166 Å². The van der Waals surface area contributed by atoms with Crippen molar-refractivity contribution >= 4 is 87.2 Å². The lowest BCUT2D eigenvalue weighted by atomic mass is 9.86. The van der Waals surface area contributed by atoms with Crippen LogP contribution < -0.4 is 0 Å². The lowest BCUT2D eigenvalue weighted by molar-refractivity contribution is 0.669. The summed E-state index contributed by atoms with van der Waals surface area (Å²) in [6.07, 6.45) is 0. The molecule has 3 heterocycles. The van der Waals surface area contributed by atoms with E-state index in [9.17, 15) is 0 Å². The zero-order valence-electron chi connectivity index (χ0n) is 61.6. The first kappa shape index (κ1) is 65.2. The molecule has 0 atom stereocenters. The molecule has 526 valence electrons. The molecule has 22 rings (SSSR count). The molecule has 3 aromatic heterocycles. The highest BCUT2D eigenvalue weighted by molar-refractivity contribution is 6.22. The smallest absolute Gasteiger partial charge is 0.143 e. The lowest BCUT2D eigenvalue weighted by Gasteiger charge is -2.18. The summed E-state index contributed by atoms with van der Waals surface area (Å²) in [6.45, 7) is 0. The molecule has 22 aromatic rings. The van der Waals surface area contributed by atoms with E-state index in [2.05, 4.69) is 423 Å². The van der Waals surface area contributed by atoms with E-state index in [1.54, 1.807) is 0 Å². The highest BCUT2D eigenvalue weighted by atomic mass is 16.3. The van der Waals surface area contributed by atoms with Crippen LogP contribution in [0.2, 0.25) is 0 Å². The predicted octanol–water partition coefficient (Wildman–Crippen LogP) is 30.9. The molecule has 0 fully saturated rings. The first-order valence-corrected chi connectivity index (χ1v) is 38.8. The van der Waals surface area contributed by atoms with Crippen LogP contribution >= 0.6 is 0 Å². The van der Waals surface area contributed by atoms with Crippen molar-refractivity contribution in [3.8, 4) is 139 Å². The standard InChI is InChI=1S/C110H69NO2/c1-6-28-70(29-7-1)83-38-16-20-42-87(83)76-54-60-105-99(64-76)101-68-80(89-44-22-18-40-85(89)72-32-10-3-11-33-72)66-95(109(101)112-105)78-52-58-103-97(62-78)98-63-79(53-59-104(98)111(103)82-56-50-75(51-57-82)108-93-48-26-24-46-91(93)107(74-36-14-5-15-37-74)92-47-25-27-49-94(92)108)96-67-81(90-45-23-19-41-86(90)73-34-12-4-13-35-73)69-102-100-65-77(55-61-106(100)113-110(96)102)88-43-21-17-39-84(88)71-30-8-2-9-31-71/h1-69H. The second-order valence-electron chi connectivity index (χ2n) is 29.6. The third-order valence-electron chi connectivity index (χ3n) is 23.2. The van der Waals surface area contributed by atoms with Gasteiger partial charge >= 0.3 is 0 Å². The van der Waals surface area contributed by atoms with E-state index in [1.807, 2.05) is 0 Å². The van der Waals surface area contributed by atoms with E-state index >= 15 is 0 Å². The minimum absolute atomic E-state index is 0.827. The second-order valence-corrected chi connectivity index (χ2v) is 29.6. The monoisotopic (exact) mass is 1440 g/mol. The summed E-state index contributed by atoms with van der Waals surface area (Å²) in [6, 6.07) is 153. The minimum atomic E-state index is 0.827. The van der Waals surface area contributed by atoms with Gasteiger partial charge in [0.25, 0.3) is 0 Å². The molecule has 0 aliphatic carbocycles. The average Bonchev–Trinajstić information content (AvgIpc) is 1.46. The highest BCUT2D eigenvalue weighted by Gasteiger charge is 2.25. The summed E-state index contributed by atoms with van der Waals surface area (Å²) in [7, 11) is 0. The molecule has 0 saturated heterocycles. The van der Waals surface area contributed by atoms with Gasteiger partial charge in [0, 0.05) is 49.1 Å². The fraction of sp³-hybridized carbons (Fsp3) is 0. The molecule has 113 heavy (non-hydrogen) atoms. The lowest BCUT2D eigenvalue weighted by Crippen LogP contribution is -1.95. The van der Waals surface area contributed by atoms with Crippen LogP contribution in [0.4, 0.5) is 0 Å². The number of hydrogen-bond acceptors (Lipinski definition) is 2. The Morgan fingerprint density at radius 1 is 0.150 bits per heavy atom. The number of fused-ring (bicyclic) bond motifs is 11. The van der Waals surface area contributed by atoms with Crippen molar-refractivity contribution in [1.29, 1.82) is 0 Å². The maximum absolute atomic E-state index is 7.32. The molecule has 0 aliphatic heterocycles. The Balaban J connectivity index is 0.782. The molecule has 0 amide bonds. The van der Waals surface area contributed by atoms with Gasteiger partial charge in [-0.1, -0.05) is 334 Å². The third-order valence-corrected chi connectivity index (χ3v) is 23.2. The normalized spacial score (nSPS) is 11.7. The predicted molar refractivity (Wildman–Crippen MR) is 476 cm³/mol. The summed E-state index contributed by atoms with van der Waals surface area (Å²) in [4.78, 5) is 0. The van der Waals surface area contributed by atoms with Gasteiger partial charge in [-0.15, -0.1) is 0 Å². The third kappa shape index (κ3) is 11.1. The number of benzene rings is 19. The number of rotatable bonds is 13. The minimum Gasteiger partial charge on any atom is -0.455 e. The molecule has 19 aromatic carbocycles. The summed E-state index contributed by atoms with van der Waals surface area (Å²) in [5.74, 6) is 0. The first-order valence-electron chi connectivity index (χ1n) is 38.8. The molecular formula is C110H69NO2. The molecule has 0 radical (unpaired) electrons. The topological polar surface area (TPSA) is 31.2 Å². The Labute approximate surface area is 654 Å². The summed E-state index contributed by atoms with van der Waals surface area (Å²) < 4.78 is 17.1. The van der Waals surface area contributed by atoms with Gasteiger partial charge in [0.1, 0.15) is 22.3 Å². The van der Waals surface area contributed by atoms with E-state index in [1.165, 1.54) is 60.5 Å². The fourth-order valence-corrected chi connectivity index (χ4v) is 18.0. The molecule has 0 bridgehead atoms. The molecule has 0 spiro atoms. The Bertz CT molecular complexity index is 7090. The van der Waals surface area contributed by atoms with Crippen LogP contribution in [0, 0.1) is 0 Å². The van der Waals surface area contributed by atoms with Crippen molar-refractivity contribution in [2.75, 3.05) is 0 Å². The summed E-state index contributed by atoms with van der Waals surface area (Å²) in [5.41, 5.74) is 33.8. The van der Waals surface area contributed by atoms with Gasteiger partial charge in [-0.05, 0) is 229 Å².